The number of benzene rings is 2. The molecular formula is C16H13ClO4. The summed E-state index contributed by atoms with van der Waals surface area (Å²) >= 11 is 5.76. The first-order chi connectivity index (χ1) is 10.1. The fourth-order valence-electron chi connectivity index (χ4n) is 1.66. The van der Waals surface area contributed by atoms with Crippen molar-refractivity contribution in [3.8, 4) is 17.2 Å². The molecule has 21 heavy (non-hydrogen) atoms. The lowest BCUT2D eigenvalue weighted by molar-refractivity contribution is -0.128. The number of aromatic hydroxyl groups is 2. The third kappa shape index (κ3) is 4.00. The zero-order chi connectivity index (χ0) is 15.2. The highest BCUT2D eigenvalue weighted by atomic mass is 35.5. The SMILES string of the molecule is O=C(/C=C/c1ccc(O)c(O)c1)Oc1ccccc1CCl. The fourth-order valence-corrected chi connectivity index (χ4v) is 1.89. The van der Waals surface area contributed by atoms with E-state index in [9.17, 15) is 15.0 Å². The zero-order valence-corrected chi connectivity index (χ0v) is 11.7. The van der Waals surface area contributed by atoms with Gasteiger partial charge in [0.05, 0.1) is 5.88 Å². The molecule has 0 atom stereocenters. The lowest BCUT2D eigenvalue weighted by Crippen LogP contribution is -2.05. The van der Waals surface area contributed by atoms with Crippen LogP contribution in [0.5, 0.6) is 17.2 Å². The van der Waals surface area contributed by atoms with Gasteiger partial charge in [-0.3, -0.25) is 0 Å². The fraction of sp³-hybridized carbons (Fsp3) is 0.0625. The van der Waals surface area contributed by atoms with Crippen LogP contribution in [0, 0.1) is 0 Å². The average Bonchev–Trinajstić information content (AvgIpc) is 2.49. The highest BCUT2D eigenvalue weighted by Gasteiger charge is 2.05. The van der Waals surface area contributed by atoms with Crippen molar-refractivity contribution in [2.24, 2.45) is 0 Å². The third-order valence-corrected chi connectivity index (χ3v) is 3.03. The van der Waals surface area contributed by atoms with Crippen LogP contribution in [-0.2, 0) is 10.7 Å². The molecule has 5 heteroatoms. The van der Waals surface area contributed by atoms with Gasteiger partial charge in [-0.2, -0.15) is 0 Å². The van der Waals surface area contributed by atoms with E-state index in [1.807, 2.05) is 6.07 Å². The van der Waals surface area contributed by atoms with Gasteiger partial charge in [-0.05, 0) is 29.8 Å². The van der Waals surface area contributed by atoms with Crippen molar-refractivity contribution >= 4 is 23.6 Å². The second-order valence-corrected chi connectivity index (χ2v) is 4.51. The molecule has 0 spiro atoms. The number of halogens is 1. The molecule has 108 valence electrons. The summed E-state index contributed by atoms with van der Waals surface area (Å²) in [5.74, 6) is -0.362. The van der Waals surface area contributed by atoms with Crippen molar-refractivity contribution in [1.82, 2.24) is 0 Å². The number of alkyl halides is 1. The first-order valence-corrected chi connectivity index (χ1v) is 6.69. The van der Waals surface area contributed by atoms with E-state index in [4.69, 9.17) is 16.3 Å². The van der Waals surface area contributed by atoms with Crippen molar-refractivity contribution in [1.29, 1.82) is 0 Å². The van der Waals surface area contributed by atoms with E-state index < -0.39 is 5.97 Å². The first-order valence-electron chi connectivity index (χ1n) is 6.16. The predicted molar refractivity (Wildman–Crippen MR) is 80.4 cm³/mol. The van der Waals surface area contributed by atoms with Crippen LogP contribution in [0.3, 0.4) is 0 Å². The van der Waals surface area contributed by atoms with Gasteiger partial charge < -0.3 is 14.9 Å². The summed E-state index contributed by atoms with van der Waals surface area (Å²) in [6, 6.07) is 11.2. The third-order valence-electron chi connectivity index (χ3n) is 2.74. The standard InChI is InChI=1S/C16H13ClO4/c17-10-12-3-1-2-4-15(12)21-16(20)8-6-11-5-7-13(18)14(19)9-11/h1-9,18-19H,10H2/b8-6+. The summed E-state index contributed by atoms with van der Waals surface area (Å²) in [5.41, 5.74) is 1.29. The molecule has 4 nitrogen and oxygen atoms in total. The van der Waals surface area contributed by atoms with E-state index >= 15 is 0 Å². The van der Waals surface area contributed by atoms with Gasteiger partial charge in [-0.25, -0.2) is 4.79 Å². The highest BCUT2D eigenvalue weighted by molar-refractivity contribution is 6.17. The molecule has 2 N–H and O–H groups in total. The molecule has 0 saturated heterocycles. The molecule has 0 aliphatic rings. The molecule has 2 rings (SSSR count). The van der Waals surface area contributed by atoms with Crippen molar-refractivity contribution in [3.05, 3.63) is 59.7 Å². The molecule has 2 aromatic rings. The number of carbonyl (C=O) groups excluding carboxylic acids is 1. The van der Waals surface area contributed by atoms with Crippen LogP contribution >= 0.6 is 11.6 Å². The van der Waals surface area contributed by atoms with E-state index in [2.05, 4.69) is 0 Å². The van der Waals surface area contributed by atoms with Crippen molar-refractivity contribution in [3.63, 3.8) is 0 Å². The van der Waals surface area contributed by atoms with Crippen LogP contribution in [0.4, 0.5) is 0 Å². The van der Waals surface area contributed by atoms with Crippen LogP contribution in [0.2, 0.25) is 0 Å². The summed E-state index contributed by atoms with van der Waals surface area (Å²) in [5, 5.41) is 18.5. The minimum atomic E-state index is -0.555. The smallest absolute Gasteiger partial charge is 0.336 e. The number of hydrogen-bond acceptors (Lipinski definition) is 4. The number of hydrogen-bond donors (Lipinski definition) is 2. The number of para-hydroxylation sites is 1. The van der Waals surface area contributed by atoms with Gasteiger partial charge in [0, 0.05) is 11.6 Å². The number of ether oxygens (including phenoxy) is 1. The van der Waals surface area contributed by atoms with E-state index in [-0.39, 0.29) is 17.4 Å². The Balaban J connectivity index is 2.07. The Bertz CT molecular complexity index is 680. The first kappa shape index (κ1) is 14.9. The summed E-state index contributed by atoms with van der Waals surface area (Å²) in [6.07, 6.45) is 2.71. The van der Waals surface area contributed by atoms with Crippen LogP contribution in [0.1, 0.15) is 11.1 Å². The molecule has 0 aromatic heterocycles. The molecule has 0 aliphatic carbocycles. The summed E-state index contributed by atoms with van der Waals surface area (Å²) < 4.78 is 5.19. The Morgan fingerprint density at radius 2 is 1.90 bits per heavy atom. The van der Waals surface area contributed by atoms with Gasteiger partial charge >= 0.3 is 5.97 Å². The lowest BCUT2D eigenvalue weighted by Gasteiger charge is -2.05. The largest absolute Gasteiger partial charge is 0.504 e. The molecule has 0 saturated carbocycles. The number of phenols is 2. The molecule has 0 unspecified atom stereocenters. The Hall–Kier alpha value is -2.46. The number of carbonyl (C=O) groups is 1. The Morgan fingerprint density at radius 3 is 2.62 bits per heavy atom. The van der Waals surface area contributed by atoms with Crippen molar-refractivity contribution in [2.45, 2.75) is 5.88 Å². The monoisotopic (exact) mass is 304 g/mol. The van der Waals surface area contributed by atoms with Gasteiger partial charge in [-0.15, -0.1) is 11.6 Å². The summed E-state index contributed by atoms with van der Waals surface area (Å²) in [7, 11) is 0. The molecule has 0 aliphatic heterocycles. The topological polar surface area (TPSA) is 66.8 Å². The van der Waals surface area contributed by atoms with Crippen molar-refractivity contribution < 1.29 is 19.7 Å². The molecule has 0 amide bonds. The van der Waals surface area contributed by atoms with E-state index in [1.54, 1.807) is 24.3 Å². The zero-order valence-electron chi connectivity index (χ0n) is 11.0. The molecule has 0 bridgehead atoms. The maximum atomic E-state index is 11.7. The molecule has 0 heterocycles. The van der Waals surface area contributed by atoms with Crippen molar-refractivity contribution in [2.75, 3.05) is 0 Å². The Kier molecular flexibility index (Phi) is 4.85. The maximum Gasteiger partial charge on any atom is 0.336 e. The van der Waals surface area contributed by atoms with Crippen LogP contribution < -0.4 is 4.74 Å². The average molecular weight is 305 g/mol. The van der Waals surface area contributed by atoms with Crippen LogP contribution in [-0.4, -0.2) is 16.2 Å². The second-order valence-electron chi connectivity index (χ2n) is 4.24. The van der Waals surface area contributed by atoms with Gasteiger partial charge in [0.2, 0.25) is 0 Å². The predicted octanol–water partition coefficient (Wildman–Crippen LogP) is 3.46. The van der Waals surface area contributed by atoms with E-state index in [0.717, 1.165) is 5.56 Å². The van der Waals surface area contributed by atoms with Gasteiger partial charge in [0.1, 0.15) is 5.75 Å². The van der Waals surface area contributed by atoms with Gasteiger partial charge in [0.25, 0.3) is 0 Å². The Morgan fingerprint density at radius 1 is 1.14 bits per heavy atom. The van der Waals surface area contributed by atoms with Crippen LogP contribution in [0.25, 0.3) is 6.08 Å². The molecule has 0 radical (unpaired) electrons. The molecular weight excluding hydrogens is 292 g/mol. The molecule has 0 fully saturated rings. The number of esters is 1. The second kappa shape index (κ2) is 6.81. The number of phenolic OH excluding ortho intramolecular Hbond substituents is 2. The van der Waals surface area contributed by atoms with E-state index in [0.29, 0.717) is 11.3 Å². The molecule has 2 aromatic carbocycles. The minimum Gasteiger partial charge on any atom is -0.504 e. The van der Waals surface area contributed by atoms with Crippen LogP contribution in [0.15, 0.2) is 48.5 Å². The quantitative estimate of drug-likeness (QED) is 0.298. The lowest BCUT2D eigenvalue weighted by atomic mass is 10.2. The summed E-state index contributed by atoms with van der Waals surface area (Å²) in [4.78, 5) is 11.7. The van der Waals surface area contributed by atoms with E-state index in [1.165, 1.54) is 24.3 Å². The van der Waals surface area contributed by atoms with Gasteiger partial charge in [0.15, 0.2) is 11.5 Å². The highest BCUT2D eigenvalue weighted by Crippen LogP contribution is 2.25. The Labute approximate surface area is 126 Å². The minimum absolute atomic E-state index is 0.217. The maximum absolute atomic E-state index is 11.7. The van der Waals surface area contributed by atoms with Gasteiger partial charge in [-0.1, -0.05) is 24.3 Å². The summed E-state index contributed by atoms with van der Waals surface area (Å²) in [6.45, 7) is 0. The number of rotatable bonds is 4. The normalized spacial score (nSPS) is 10.7.